The predicted octanol–water partition coefficient (Wildman–Crippen LogP) is 3.11. The van der Waals surface area contributed by atoms with E-state index in [0.717, 1.165) is 30.2 Å². The van der Waals surface area contributed by atoms with E-state index in [1.165, 1.54) is 5.57 Å². The van der Waals surface area contributed by atoms with E-state index in [1.807, 2.05) is 50.3 Å². The Bertz CT molecular complexity index is 797. The highest BCUT2D eigenvalue weighted by Gasteiger charge is 2.24. The van der Waals surface area contributed by atoms with Gasteiger partial charge in [-0.1, -0.05) is 57.2 Å². The third-order valence-corrected chi connectivity index (χ3v) is 4.82. The van der Waals surface area contributed by atoms with Crippen LogP contribution in [-0.4, -0.2) is 43.8 Å². The summed E-state index contributed by atoms with van der Waals surface area (Å²) in [5, 5.41) is 3.38. The largest absolute Gasteiger partial charge is 0.454 e. The molecule has 1 atom stereocenters. The zero-order valence-electron chi connectivity index (χ0n) is 18.4. The van der Waals surface area contributed by atoms with E-state index in [2.05, 4.69) is 35.2 Å². The van der Waals surface area contributed by atoms with E-state index in [-0.39, 0.29) is 6.03 Å². The van der Waals surface area contributed by atoms with Crippen molar-refractivity contribution in [3.8, 4) is 11.5 Å². The highest BCUT2D eigenvalue weighted by Crippen LogP contribution is 2.30. The smallest absolute Gasteiger partial charge is 0.336 e. The van der Waals surface area contributed by atoms with Crippen molar-refractivity contribution in [1.82, 2.24) is 21.1 Å². The van der Waals surface area contributed by atoms with E-state index in [0.29, 0.717) is 32.2 Å². The molecule has 1 aromatic carbocycles. The minimum absolute atomic E-state index is 0.288. The van der Waals surface area contributed by atoms with Gasteiger partial charge in [0.05, 0.1) is 6.54 Å². The number of carbonyl (C=O) groups excluding carboxylic acids is 2. The molecule has 0 aliphatic carbocycles. The van der Waals surface area contributed by atoms with Gasteiger partial charge in [-0.25, -0.2) is 10.2 Å². The number of rotatable bonds is 2. The average molecular weight is 429 g/mol. The molecule has 31 heavy (non-hydrogen) atoms. The van der Waals surface area contributed by atoms with E-state index >= 15 is 0 Å². The van der Waals surface area contributed by atoms with E-state index in [9.17, 15) is 9.59 Å². The molecule has 0 saturated carbocycles. The number of urea groups is 1. The van der Waals surface area contributed by atoms with Crippen LogP contribution in [0.5, 0.6) is 11.5 Å². The van der Waals surface area contributed by atoms with Crippen molar-refractivity contribution < 1.29 is 19.1 Å². The summed E-state index contributed by atoms with van der Waals surface area (Å²) in [6.07, 6.45) is 9.59. The molecule has 0 fully saturated rings. The molecule has 3 amide bonds. The highest BCUT2D eigenvalue weighted by atomic mass is 16.7. The number of ether oxygens (including phenoxy) is 2. The first-order valence-corrected chi connectivity index (χ1v) is 10.6. The zero-order chi connectivity index (χ0) is 22.5. The Hall–Kier alpha value is -3.42. The second-order valence-corrected chi connectivity index (χ2v) is 6.70. The summed E-state index contributed by atoms with van der Waals surface area (Å²) in [5.41, 5.74) is 6.96. The van der Waals surface area contributed by atoms with Crippen LogP contribution in [0.2, 0.25) is 0 Å². The molecule has 0 saturated heterocycles. The predicted molar refractivity (Wildman–Crippen MR) is 120 cm³/mol. The van der Waals surface area contributed by atoms with Crippen LogP contribution in [0.4, 0.5) is 4.79 Å². The molecule has 3 heterocycles. The third-order valence-electron chi connectivity index (χ3n) is 4.82. The van der Waals surface area contributed by atoms with Crippen molar-refractivity contribution in [2.45, 2.75) is 27.2 Å². The summed E-state index contributed by atoms with van der Waals surface area (Å²) in [6.45, 7) is 8.46. The van der Waals surface area contributed by atoms with Crippen LogP contribution in [0, 0.1) is 5.92 Å². The van der Waals surface area contributed by atoms with Crippen molar-refractivity contribution in [3.05, 3.63) is 59.8 Å². The molecule has 8 nitrogen and oxygen atoms in total. The molecule has 8 heteroatoms. The van der Waals surface area contributed by atoms with Crippen LogP contribution >= 0.6 is 0 Å². The van der Waals surface area contributed by atoms with Gasteiger partial charge in [0.1, 0.15) is 0 Å². The van der Waals surface area contributed by atoms with Gasteiger partial charge in [0.2, 0.25) is 13.2 Å². The van der Waals surface area contributed by atoms with Crippen molar-refractivity contribution in [3.63, 3.8) is 0 Å². The Balaban J connectivity index is 0.000000256. The van der Waals surface area contributed by atoms with E-state index in [4.69, 9.17) is 9.47 Å². The zero-order valence-corrected chi connectivity index (χ0v) is 18.4. The fourth-order valence-corrected chi connectivity index (χ4v) is 3.31. The summed E-state index contributed by atoms with van der Waals surface area (Å²) < 4.78 is 10.2. The molecule has 4 rings (SSSR count). The lowest BCUT2D eigenvalue weighted by atomic mass is 9.92. The van der Waals surface area contributed by atoms with Crippen molar-refractivity contribution >= 4 is 12.4 Å². The standard InChI is InChI=1S/C14H20N4O2.C7H6O2.C2H6/c1-11-5-3-2-4-7-15-13-9-18(8-6-12(11)13)14(20)17-16-10-19;1-2-4-7-6(3-1)8-5-9-7;1-2/h2-5,10-11,15H,6-9H2,1H3,(H,16,19)(H,17,20);1-4H,5H2;1-2H3/b4-2-,5-3-;;. The van der Waals surface area contributed by atoms with Gasteiger partial charge in [-0.2, -0.15) is 0 Å². The molecule has 1 aromatic rings. The molecule has 3 aliphatic rings. The van der Waals surface area contributed by atoms with Gasteiger partial charge in [0, 0.05) is 18.8 Å². The summed E-state index contributed by atoms with van der Waals surface area (Å²) in [6, 6.07) is 7.34. The first-order valence-electron chi connectivity index (χ1n) is 10.6. The number of amides is 3. The van der Waals surface area contributed by atoms with E-state index in [1.54, 1.807) is 4.90 Å². The van der Waals surface area contributed by atoms with Gasteiger partial charge in [0.25, 0.3) is 0 Å². The number of benzene rings is 1. The summed E-state index contributed by atoms with van der Waals surface area (Å²) >= 11 is 0. The summed E-state index contributed by atoms with van der Waals surface area (Å²) in [5.74, 6) is 2.05. The molecule has 0 spiro atoms. The quantitative estimate of drug-likeness (QED) is 0.497. The average Bonchev–Trinajstić information content (AvgIpc) is 3.32. The summed E-state index contributed by atoms with van der Waals surface area (Å²) in [7, 11) is 0. The first kappa shape index (κ1) is 23.9. The van der Waals surface area contributed by atoms with Gasteiger partial charge < -0.3 is 19.7 Å². The van der Waals surface area contributed by atoms with Gasteiger partial charge in [-0.15, -0.1) is 0 Å². The molecule has 1 unspecified atom stereocenters. The van der Waals surface area contributed by atoms with Crippen molar-refractivity contribution in [2.75, 3.05) is 26.4 Å². The molecular formula is C23H32N4O4. The number of allylic oxidation sites excluding steroid dienone is 3. The third kappa shape index (κ3) is 7.09. The minimum atomic E-state index is -0.288. The number of hydrogen-bond donors (Lipinski definition) is 3. The lowest BCUT2D eigenvalue weighted by Gasteiger charge is -2.32. The SMILES string of the molecule is CC.CC1/C=C\C=C/CNC2=C1CCN(C(=O)NNC=O)C2.c1ccc2c(c1)OCO2. The second-order valence-electron chi connectivity index (χ2n) is 6.70. The number of hydrogen-bond acceptors (Lipinski definition) is 5. The Morgan fingerprint density at radius 3 is 2.58 bits per heavy atom. The second kappa shape index (κ2) is 13.0. The monoisotopic (exact) mass is 428 g/mol. The van der Waals surface area contributed by atoms with Crippen LogP contribution in [0.1, 0.15) is 27.2 Å². The lowest BCUT2D eigenvalue weighted by Crippen LogP contribution is -2.49. The Kier molecular flexibility index (Phi) is 10.0. The van der Waals surface area contributed by atoms with Crippen LogP contribution < -0.4 is 25.6 Å². The molecule has 0 radical (unpaired) electrons. The van der Waals surface area contributed by atoms with Gasteiger partial charge in [-0.3, -0.25) is 10.2 Å². The molecule has 0 bridgehead atoms. The topological polar surface area (TPSA) is 91.9 Å². The Labute approximate surface area is 183 Å². The highest BCUT2D eigenvalue weighted by molar-refractivity contribution is 5.75. The van der Waals surface area contributed by atoms with Crippen LogP contribution in [0.15, 0.2) is 59.8 Å². The lowest BCUT2D eigenvalue weighted by molar-refractivity contribution is -0.110. The fraction of sp³-hybridized carbons (Fsp3) is 0.391. The van der Waals surface area contributed by atoms with Crippen molar-refractivity contribution in [1.29, 1.82) is 0 Å². The molecule has 168 valence electrons. The van der Waals surface area contributed by atoms with Crippen LogP contribution in [0.3, 0.4) is 0 Å². The molecule has 3 N–H and O–H groups in total. The fourth-order valence-electron chi connectivity index (χ4n) is 3.31. The Morgan fingerprint density at radius 1 is 1.19 bits per heavy atom. The molecular weight excluding hydrogens is 396 g/mol. The van der Waals surface area contributed by atoms with Gasteiger partial charge in [-0.05, 0) is 30.0 Å². The maximum Gasteiger partial charge on any atom is 0.336 e. The number of hydrazine groups is 1. The van der Waals surface area contributed by atoms with Gasteiger partial charge >= 0.3 is 6.03 Å². The molecule has 3 aliphatic heterocycles. The van der Waals surface area contributed by atoms with Gasteiger partial charge in [0.15, 0.2) is 11.5 Å². The first-order chi connectivity index (χ1) is 15.2. The maximum absolute atomic E-state index is 11.8. The number of carbonyl (C=O) groups is 2. The van der Waals surface area contributed by atoms with Crippen molar-refractivity contribution in [2.24, 2.45) is 5.92 Å². The minimum Gasteiger partial charge on any atom is -0.454 e. The van der Waals surface area contributed by atoms with Crippen LogP contribution in [-0.2, 0) is 4.79 Å². The Morgan fingerprint density at radius 2 is 1.90 bits per heavy atom. The number of nitrogens with zero attached hydrogens (tertiary/aromatic N) is 1. The van der Waals surface area contributed by atoms with Crippen LogP contribution in [0.25, 0.3) is 0 Å². The maximum atomic E-state index is 11.8. The summed E-state index contributed by atoms with van der Waals surface area (Å²) in [4.78, 5) is 23.7. The van der Waals surface area contributed by atoms with E-state index < -0.39 is 0 Å². The number of para-hydroxylation sites is 2. The number of nitrogens with one attached hydrogen (secondary N) is 3. The number of fused-ring (bicyclic) bond motifs is 1. The molecule has 0 aromatic heterocycles. The normalized spacial score (nSPS) is 20.5.